The van der Waals surface area contributed by atoms with E-state index >= 15 is 0 Å². The predicted molar refractivity (Wildman–Crippen MR) is 72.1 cm³/mol. The summed E-state index contributed by atoms with van der Waals surface area (Å²) >= 11 is 3.00. The molecule has 0 amide bonds. The Bertz CT molecular complexity index is 619. The lowest BCUT2D eigenvalue weighted by atomic mass is 10.2. The van der Waals surface area contributed by atoms with Crippen LogP contribution in [0.2, 0.25) is 0 Å². The fraction of sp³-hybridized carbons (Fsp3) is 0.143. The lowest BCUT2D eigenvalue weighted by molar-refractivity contribution is -0.138. The van der Waals surface area contributed by atoms with E-state index in [0.717, 1.165) is 6.07 Å². The number of phenols is 1. The van der Waals surface area contributed by atoms with Gasteiger partial charge in [0, 0.05) is 10.5 Å². The van der Waals surface area contributed by atoms with Gasteiger partial charge in [0.1, 0.15) is 17.2 Å². The third kappa shape index (κ3) is 3.45. The third-order valence-electron chi connectivity index (χ3n) is 2.51. The second-order valence-corrected chi connectivity index (χ2v) is 5.16. The van der Waals surface area contributed by atoms with Gasteiger partial charge in [0.15, 0.2) is 0 Å². The molecule has 2 aromatic carbocycles. The fourth-order valence-corrected chi connectivity index (χ4v) is 2.09. The summed E-state index contributed by atoms with van der Waals surface area (Å²) in [6.07, 6.45) is -4.52. The third-order valence-corrected chi connectivity index (χ3v) is 3.00. The van der Waals surface area contributed by atoms with Crippen molar-refractivity contribution in [3.8, 4) is 17.2 Å². The van der Waals surface area contributed by atoms with Crippen LogP contribution in [0.3, 0.4) is 0 Å². The lowest BCUT2D eigenvalue weighted by Gasteiger charge is -2.14. The lowest BCUT2D eigenvalue weighted by Crippen LogP contribution is -2.07. The van der Waals surface area contributed by atoms with Gasteiger partial charge in [-0.25, -0.2) is 0 Å². The molecule has 20 heavy (non-hydrogen) atoms. The molecule has 0 aromatic heterocycles. The Hall–Kier alpha value is -1.69. The molecule has 0 spiro atoms. The molecule has 0 aliphatic heterocycles. The number of hydrogen-bond donors (Lipinski definition) is 1. The molecule has 106 valence electrons. The maximum absolute atomic E-state index is 12.9. The zero-order chi connectivity index (χ0) is 14.9. The minimum absolute atomic E-state index is 0.0642. The van der Waals surface area contributed by atoms with E-state index in [1.165, 1.54) is 24.3 Å². The maximum Gasteiger partial charge on any atom is 0.420 e. The van der Waals surface area contributed by atoms with Crippen LogP contribution in [0.4, 0.5) is 13.2 Å². The average molecular weight is 347 g/mol. The molecular weight excluding hydrogens is 337 g/mol. The summed E-state index contributed by atoms with van der Waals surface area (Å²) < 4.78 is 44.4. The topological polar surface area (TPSA) is 29.5 Å². The van der Waals surface area contributed by atoms with Crippen LogP contribution in [0.5, 0.6) is 17.2 Å². The van der Waals surface area contributed by atoms with Crippen LogP contribution in [0.15, 0.2) is 40.9 Å². The van der Waals surface area contributed by atoms with Gasteiger partial charge >= 0.3 is 6.18 Å². The van der Waals surface area contributed by atoms with Crippen molar-refractivity contribution < 1.29 is 23.0 Å². The first kappa shape index (κ1) is 14.7. The Morgan fingerprint density at radius 3 is 2.40 bits per heavy atom. The molecule has 0 saturated carbocycles. The molecular formula is C14H10BrF3O2. The van der Waals surface area contributed by atoms with Gasteiger partial charge in [-0.2, -0.15) is 13.2 Å². The first-order valence-electron chi connectivity index (χ1n) is 5.61. The number of aryl methyl sites for hydroxylation is 1. The van der Waals surface area contributed by atoms with Crippen molar-refractivity contribution in [1.29, 1.82) is 0 Å². The maximum atomic E-state index is 12.9. The molecule has 0 saturated heterocycles. The van der Waals surface area contributed by atoms with Gasteiger partial charge in [0.05, 0.1) is 5.56 Å². The van der Waals surface area contributed by atoms with Crippen molar-refractivity contribution in [2.75, 3.05) is 0 Å². The smallest absolute Gasteiger partial charge is 0.420 e. The quantitative estimate of drug-likeness (QED) is 0.802. The summed E-state index contributed by atoms with van der Waals surface area (Å²) in [5.41, 5.74) is -0.196. The van der Waals surface area contributed by atoms with Crippen LogP contribution in [-0.4, -0.2) is 5.11 Å². The van der Waals surface area contributed by atoms with Crippen molar-refractivity contribution in [3.63, 3.8) is 0 Å². The Kier molecular flexibility index (Phi) is 3.94. The van der Waals surface area contributed by atoms with Crippen molar-refractivity contribution in [3.05, 3.63) is 52.0 Å². The predicted octanol–water partition coefficient (Wildman–Crippen LogP) is 5.27. The Balaban J connectivity index is 2.43. The average Bonchev–Trinajstić information content (AvgIpc) is 2.28. The minimum atomic E-state index is -4.52. The highest BCUT2D eigenvalue weighted by molar-refractivity contribution is 9.10. The summed E-state index contributed by atoms with van der Waals surface area (Å²) in [5.74, 6) is -0.230. The van der Waals surface area contributed by atoms with E-state index in [9.17, 15) is 18.3 Å². The monoisotopic (exact) mass is 346 g/mol. The molecule has 2 rings (SSSR count). The van der Waals surface area contributed by atoms with Crippen LogP contribution in [0.25, 0.3) is 0 Å². The largest absolute Gasteiger partial charge is 0.508 e. The van der Waals surface area contributed by atoms with Gasteiger partial charge in [0.25, 0.3) is 0 Å². The van der Waals surface area contributed by atoms with Crippen LogP contribution >= 0.6 is 15.9 Å². The second-order valence-electron chi connectivity index (χ2n) is 4.24. The van der Waals surface area contributed by atoms with Gasteiger partial charge < -0.3 is 9.84 Å². The van der Waals surface area contributed by atoms with Crippen LogP contribution in [0.1, 0.15) is 11.1 Å². The molecule has 0 bridgehead atoms. The molecule has 0 radical (unpaired) electrons. The minimum Gasteiger partial charge on any atom is -0.508 e. The molecule has 0 unspecified atom stereocenters. The van der Waals surface area contributed by atoms with Crippen molar-refractivity contribution in [2.24, 2.45) is 0 Å². The van der Waals surface area contributed by atoms with Gasteiger partial charge in [-0.1, -0.05) is 15.9 Å². The van der Waals surface area contributed by atoms with E-state index in [-0.39, 0.29) is 17.2 Å². The normalized spacial score (nSPS) is 11.4. The Morgan fingerprint density at radius 2 is 1.80 bits per heavy atom. The van der Waals surface area contributed by atoms with E-state index < -0.39 is 11.7 Å². The van der Waals surface area contributed by atoms with Crippen molar-refractivity contribution in [1.82, 2.24) is 0 Å². The summed E-state index contributed by atoms with van der Waals surface area (Å²) in [6, 6.07) is 7.92. The number of aromatic hydroxyl groups is 1. The summed E-state index contributed by atoms with van der Waals surface area (Å²) in [5, 5.41) is 9.44. The fourth-order valence-electron chi connectivity index (χ4n) is 1.73. The van der Waals surface area contributed by atoms with E-state index in [1.807, 2.05) is 0 Å². The zero-order valence-corrected chi connectivity index (χ0v) is 11.9. The number of ether oxygens (including phenoxy) is 1. The van der Waals surface area contributed by atoms with E-state index in [1.54, 1.807) is 13.0 Å². The van der Waals surface area contributed by atoms with Gasteiger partial charge in [0.2, 0.25) is 0 Å². The number of halogens is 4. The Labute approximate surface area is 121 Å². The molecule has 1 N–H and O–H groups in total. The summed E-state index contributed by atoms with van der Waals surface area (Å²) in [7, 11) is 0. The first-order chi connectivity index (χ1) is 9.25. The second kappa shape index (κ2) is 5.36. The summed E-state index contributed by atoms with van der Waals surface area (Å²) in [6.45, 7) is 1.71. The molecule has 0 aliphatic rings. The van der Waals surface area contributed by atoms with Crippen molar-refractivity contribution in [2.45, 2.75) is 13.1 Å². The van der Waals surface area contributed by atoms with Crippen LogP contribution in [-0.2, 0) is 6.18 Å². The van der Waals surface area contributed by atoms with E-state index in [4.69, 9.17) is 4.74 Å². The SMILES string of the molecule is Cc1cc(O)cc(Oc2ccc(Br)cc2C(F)(F)F)c1. The standard InChI is InChI=1S/C14H10BrF3O2/c1-8-4-10(19)7-11(5-8)20-13-3-2-9(15)6-12(13)14(16,17)18/h2-7,19H,1H3. The number of benzene rings is 2. The highest BCUT2D eigenvalue weighted by Gasteiger charge is 2.34. The number of hydrogen-bond acceptors (Lipinski definition) is 2. The molecule has 0 heterocycles. The van der Waals surface area contributed by atoms with Gasteiger partial charge in [-0.3, -0.25) is 0 Å². The molecule has 0 fully saturated rings. The number of alkyl halides is 3. The molecule has 2 nitrogen and oxygen atoms in total. The van der Waals surface area contributed by atoms with Gasteiger partial charge in [-0.05, 0) is 42.8 Å². The zero-order valence-electron chi connectivity index (χ0n) is 10.3. The van der Waals surface area contributed by atoms with Crippen LogP contribution in [0, 0.1) is 6.92 Å². The summed E-state index contributed by atoms with van der Waals surface area (Å²) in [4.78, 5) is 0. The molecule has 2 aromatic rings. The molecule has 0 atom stereocenters. The number of rotatable bonds is 2. The molecule has 0 aliphatic carbocycles. The number of phenolic OH excluding ortho intramolecular Hbond substituents is 1. The first-order valence-corrected chi connectivity index (χ1v) is 6.40. The Morgan fingerprint density at radius 1 is 1.10 bits per heavy atom. The highest BCUT2D eigenvalue weighted by Crippen LogP contribution is 2.40. The molecule has 6 heteroatoms. The van der Waals surface area contributed by atoms with E-state index in [0.29, 0.717) is 10.0 Å². The van der Waals surface area contributed by atoms with Gasteiger partial charge in [-0.15, -0.1) is 0 Å². The van der Waals surface area contributed by atoms with Crippen LogP contribution < -0.4 is 4.74 Å². The van der Waals surface area contributed by atoms with E-state index in [2.05, 4.69) is 15.9 Å². The van der Waals surface area contributed by atoms with Crippen molar-refractivity contribution >= 4 is 15.9 Å². The highest BCUT2D eigenvalue weighted by atomic mass is 79.9.